The first kappa shape index (κ1) is 35.9. The first-order valence-electron chi connectivity index (χ1n) is 12.8. The number of carboxylic acid groups (broad SMARTS) is 2. The number of aromatic carboxylic acids is 2. The predicted molar refractivity (Wildman–Crippen MR) is 170 cm³/mol. The van der Waals surface area contributed by atoms with Gasteiger partial charge in [0.05, 0.1) is 44.4 Å². The second kappa shape index (κ2) is 17.8. The number of hydrogen-bond donors (Lipinski definition) is 2. The first-order chi connectivity index (χ1) is 21.5. The molecule has 2 aromatic carbocycles. The molecule has 45 heavy (non-hydrogen) atoms. The van der Waals surface area contributed by atoms with E-state index in [1.54, 1.807) is 55.7 Å². The first-order valence-corrected chi connectivity index (χ1v) is 14.4. The number of thiophene rings is 2. The van der Waals surface area contributed by atoms with Crippen LogP contribution in [0.15, 0.2) is 66.7 Å². The monoisotopic (exact) mass is 654 g/mol. The highest BCUT2D eigenvalue weighted by Crippen LogP contribution is 2.26. The fraction of sp³-hybridized carbons (Fsp3) is 0.156. The van der Waals surface area contributed by atoms with Gasteiger partial charge < -0.3 is 29.2 Å². The Kier molecular flexibility index (Phi) is 14.2. The molecule has 4 aromatic rings. The number of aldehydes is 1. The van der Waals surface area contributed by atoms with Gasteiger partial charge in [-0.05, 0) is 79.7 Å². The predicted octanol–water partition coefficient (Wildman–Crippen LogP) is 6.52. The summed E-state index contributed by atoms with van der Waals surface area (Å²) in [6.45, 7) is 1.50. The Morgan fingerprint density at radius 3 is 1.51 bits per heavy atom. The summed E-state index contributed by atoms with van der Waals surface area (Å²) >= 11 is 2.07. The van der Waals surface area contributed by atoms with E-state index in [0.717, 1.165) is 22.7 Å². The minimum atomic E-state index is -0.988. The van der Waals surface area contributed by atoms with E-state index in [4.69, 9.17) is 29.2 Å². The summed E-state index contributed by atoms with van der Waals surface area (Å²) in [5.41, 5.74) is 0.926. The molecule has 4 rings (SSSR count). The van der Waals surface area contributed by atoms with E-state index in [-0.39, 0.29) is 21.3 Å². The molecule has 13 heteroatoms. The van der Waals surface area contributed by atoms with Gasteiger partial charge in [0, 0.05) is 4.88 Å². The van der Waals surface area contributed by atoms with Gasteiger partial charge in [-0.3, -0.25) is 14.4 Å². The Morgan fingerprint density at radius 1 is 0.644 bits per heavy atom. The molecule has 0 spiro atoms. The number of allylic oxidation sites excluding steroid dienone is 1. The lowest BCUT2D eigenvalue weighted by Gasteiger charge is -2.07. The van der Waals surface area contributed by atoms with Crippen LogP contribution < -0.4 is 18.9 Å². The number of carbonyl (C=O) groups is 5. The summed E-state index contributed by atoms with van der Waals surface area (Å²) in [7, 11) is 6.10. The molecule has 2 N–H and O–H groups in total. The second-order valence-electron chi connectivity index (χ2n) is 8.52. The molecule has 11 nitrogen and oxygen atoms in total. The van der Waals surface area contributed by atoms with Crippen molar-refractivity contribution in [3.8, 4) is 23.0 Å². The van der Waals surface area contributed by atoms with Gasteiger partial charge in [-0.25, -0.2) is 9.59 Å². The van der Waals surface area contributed by atoms with Gasteiger partial charge in [0.1, 0.15) is 32.8 Å². The van der Waals surface area contributed by atoms with E-state index in [0.29, 0.717) is 50.2 Å². The molecule has 0 saturated carbocycles. The van der Waals surface area contributed by atoms with Crippen LogP contribution in [0.5, 0.6) is 23.0 Å². The number of ketones is 2. The number of ether oxygens (including phenoxy) is 4. The van der Waals surface area contributed by atoms with Gasteiger partial charge >= 0.3 is 11.9 Å². The van der Waals surface area contributed by atoms with Crippen molar-refractivity contribution in [2.45, 2.75) is 6.92 Å². The Labute approximate surface area is 266 Å². The van der Waals surface area contributed by atoms with Crippen LogP contribution >= 0.6 is 22.7 Å². The van der Waals surface area contributed by atoms with Crippen LogP contribution in [-0.4, -0.2) is 68.4 Å². The van der Waals surface area contributed by atoms with Crippen molar-refractivity contribution in [2.24, 2.45) is 0 Å². The maximum atomic E-state index is 12.3. The molecule has 0 aliphatic carbocycles. The molecule has 236 valence electrons. The quantitative estimate of drug-likeness (QED) is 0.103. The van der Waals surface area contributed by atoms with E-state index in [2.05, 4.69) is 0 Å². The van der Waals surface area contributed by atoms with Crippen LogP contribution in [0.25, 0.3) is 6.08 Å². The Bertz CT molecular complexity index is 1680. The molecule has 0 unspecified atom stereocenters. The lowest BCUT2D eigenvalue weighted by atomic mass is 10.1. The van der Waals surface area contributed by atoms with Gasteiger partial charge in [0.2, 0.25) is 0 Å². The van der Waals surface area contributed by atoms with Gasteiger partial charge in [0.25, 0.3) is 0 Å². The van der Waals surface area contributed by atoms with Crippen LogP contribution in [0.4, 0.5) is 0 Å². The lowest BCUT2D eigenvalue weighted by molar-refractivity contribution is 0.0691. The number of benzene rings is 2. The largest absolute Gasteiger partial charge is 0.497 e. The zero-order valence-corrected chi connectivity index (χ0v) is 26.5. The smallest absolute Gasteiger partial charge is 0.345 e. The molecule has 0 aliphatic rings. The average Bonchev–Trinajstić information content (AvgIpc) is 3.74. The maximum Gasteiger partial charge on any atom is 0.345 e. The van der Waals surface area contributed by atoms with Gasteiger partial charge in [-0.15, -0.1) is 22.7 Å². The van der Waals surface area contributed by atoms with Crippen LogP contribution in [0.1, 0.15) is 61.5 Å². The summed E-state index contributed by atoms with van der Waals surface area (Å²) in [6, 6.07) is 16.2. The third-order valence-electron chi connectivity index (χ3n) is 5.65. The van der Waals surface area contributed by atoms with Crippen molar-refractivity contribution in [3.63, 3.8) is 0 Å². The van der Waals surface area contributed by atoms with E-state index in [1.807, 2.05) is 0 Å². The van der Waals surface area contributed by atoms with Crippen LogP contribution in [-0.2, 0) is 0 Å². The van der Waals surface area contributed by atoms with E-state index in [9.17, 15) is 24.0 Å². The number of rotatable bonds is 11. The zero-order valence-electron chi connectivity index (χ0n) is 24.9. The normalized spacial score (nSPS) is 9.98. The van der Waals surface area contributed by atoms with Crippen molar-refractivity contribution < 1.29 is 53.1 Å². The third kappa shape index (κ3) is 10.7. The highest BCUT2D eigenvalue weighted by atomic mass is 32.1. The number of hydrogen-bond acceptors (Lipinski definition) is 11. The van der Waals surface area contributed by atoms with Gasteiger partial charge in [0.15, 0.2) is 17.9 Å². The standard InChI is InChI=1S/C16H14O5S.C10H12O3.C6H4O3S/c1-20-10-3-7-14(21-2)12(9-10)13(17)6-4-11-5-8-15(22-11)16(18)19;1-7(11)9-6-8(12-2)4-5-10(9)13-3;7-3-4-1-2-5(10-4)6(8)9/h3-9H,1-2H3,(H,18,19);4-6H,1-3H3;1-3H,(H,8,9)/b6-4+;;. The minimum absolute atomic E-state index is 0.0317. The average molecular weight is 655 g/mol. The molecule has 0 radical (unpaired) electrons. The fourth-order valence-corrected chi connectivity index (χ4v) is 4.84. The molecule has 0 saturated heterocycles. The van der Waals surface area contributed by atoms with Gasteiger partial charge in [-0.2, -0.15) is 0 Å². The highest BCUT2D eigenvalue weighted by molar-refractivity contribution is 7.15. The zero-order chi connectivity index (χ0) is 33.5. The van der Waals surface area contributed by atoms with E-state index >= 15 is 0 Å². The Balaban J connectivity index is 0.000000259. The highest BCUT2D eigenvalue weighted by Gasteiger charge is 2.12. The number of methoxy groups -OCH3 is 4. The summed E-state index contributed by atoms with van der Waals surface area (Å²) in [6.07, 6.45) is 3.60. The molecule has 2 heterocycles. The molecule has 0 amide bonds. The minimum Gasteiger partial charge on any atom is -0.497 e. The van der Waals surface area contributed by atoms with Crippen molar-refractivity contribution in [2.75, 3.05) is 28.4 Å². The van der Waals surface area contributed by atoms with Crippen molar-refractivity contribution in [1.82, 2.24) is 0 Å². The summed E-state index contributed by atoms with van der Waals surface area (Å²) in [5.74, 6) is -0.00527. The SMILES string of the molecule is COc1ccc(OC)c(C(=O)/C=C/c2ccc(C(=O)O)s2)c1.COc1ccc(OC)c(C(C)=O)c1.O=Cc1ccc(C(=O)O)s1. The third-order valence-corrected chi connectivity index (χ3v) is 7.69. The molecule has 0 bridgehead atoms. The van der Waals surface area contributed by atoms with E-state index in [1.165, 1.54) is 52.5 Å². The van der Waals surface area contributed by atoms with Crippen LogP contribution in [0, 0.1) is 0 Å². The van der Waals surface area contributed by atoms with Crippen molar-refractivity contribution in [1.29, 1.82) is 0 Å². The topological polar surface area (TPSA) is 163 Å². The van der Waals surface area contributed by atoms with Crippen molar-refractivity contribution in [3.05, 3.63) is 97.4 Å². The Morgan fingerprint density at radius 2 is 1.11 bits per heavy atom. The number of carboxylic acids is 2. The lowest BCUT2D eigenvalue weighted by Crippen LogP contribution is -1.99. The Hall–Kier alpha value is -5.27. The summed E-state index contributed by atoms with van der Waals surface area (Å²) in [4.78, 5) is 56.1. The fourth-order valence-electron chi connectivity index (χ4n) is 3.43. The molecular formula is C32H30O11S2. The summed E-state index contributed by atoms with van der Waals surface area (Å²) < 4.78 is 20.3. The molecule has 0 aliphatic heterocycles. The molecular weight excluding hydrogens is 624 g/mol. The summed E-state index contributed by atoms with van der Waals surface area (Å²) in [5, 5.41) is 17.3. The van der Waals surface area contributed by atoms with Crippen molar-refractivity contribution >= 4 is 58.5 Å². The molecule has 0 atom stereocenters. The number of Topliss-reactive ketones (excluding diaryl/α,β-unsaturated/α-hetero) is 1. The van der Waals surface area contributed by atoms with Crippen LogP contribution in [0.2, 0.25) is 0 Å². The second-order valence-corrected chi connectivity index (χ2v) is 10.7. The maximum absolute atomic E-state index is 12.3. The molecule has 0 fully saturated rings. The van der Waals surface area contributed by atoms with E-state index < -0.39 is 11.9 Å². The van der Waals surface area contributed by atoms with Crippen LogP contribution in [0.3, 0.4) is 0 Å². The number of carbonyl (C=O) groups excluding carboxylic acids is 3. The molecule has 2 aromatic heterocycles. The van der Waals surface area contributed by atoms with Gasteiger partial charge in [-0.1, -0.05) is 0 Å².